The predicted molar refractivity (Wildman–Crippen MR) is 103 cm³/mol. The van der Waals surface area contributed by atoms with Crippen molar-refractivity contribution < 1.29 is 4.79 Å². The number of rotatable bonds is 6. The van der Waals surface area contributed by atoms with Gasteiger partial charge in [-0.2, -0.15) is 0 Å². The molecule has 2 heterocycles. The third-order valence-electron chi connectivity index (χ3n) is 4.35. The molecule has 0 unspecified atom stereocenters. The molecule has 1 saturated carbocycles. The Balaban J connectivity index is 1.52. The Morgan fingerprint density at radius 1 is 1.22 bits per heavy atom. The van der Waals surface area contributed by atoms with Crippen LogP contribution in [0.3, 0.4) is 0 Å². The van der Waals surface area contributed by atoms with Crippen molar-refractivity contribution in [3.8, 4) is 11.3 Å². The maximum atomic E-state index is 12.6. The number of thioether (sulfide) groups is 1. The molecule has 4 rings (SSSR count). The first-order valence-electron chi connectivity index (χ1n) is 8.45. The molecule has 1 aliphatic carbocycles. The van der Waals surface area contributed by atoms with Crippen LogP contribution in [0.5, 0.6) is 0 Å². The van der Waals surface area contributed by atoms with E-state index in [2.05, 4.69) is 15.0 Å². The fourth-order valence-corrected chi connectivity index (χ4v) is 3.60. The van der Waals surface area contributed by atoms with E-state index >= 15 is 0 Å². The quantitative estimate of drug-likeness (QED) is 0.440. The van der Waals surface area contributed by atoms with Crippen molar-refractivity contribution in [3.05, 3.63) is 62.9 Å². The number of nitrogens with zero attached hydrogens (tertiary/aromatic N) is 2. The molecule has 9 heteroatoms. The minimum atomic E-state index is -0.746. The number of Topliss-reactive ketones (excluding diaryl/α,β-unsaturated/α-hetero) is 1. The van der Waals surface area contributed by atoms with Gasteiger partial charge in [0.25, 0.3) is 5.56 Å². The highest BCUT2D eigenvalue weighted by Gasteiger charge is 2.30. The number of nitrogens with one attached hydrogen (secondary N) is 2. The molecule has 27 heavy (non-hydrogen) atoms. The SMILES string of the molecule is Nc1c(C(=O)CSc2ncc(-c3ccccc3)[nH]2)c(=O)[nH]c(=O)n1C1CC1. The monoisotopic (exact) mass is 383 g/mol. The molecule has 0 saturated heterocycles. The molecule has 8 nitrogen and oxygen atoms in total. The van der Waals surface area contributed by atoms with Crippen LogP contribution in [0.1, 0.15) is 29.2 Å². The number of nitrogens with two attached hydrogens (primary N) is 1. The molecule has 0 bridgehead atoms. The number of benzene rings is 1. The number of anilines is 1. The van der Waals surface area contributed by atoms with Crippen LogP contribution in [0.25, 0.3) is 11.3 Å². The van der Waals surface area contributed by atoms with E-state index in [9.17, 15) is 14.4 Å². The highest BCUT2D eigenvalue weighted by atomic mass is 32.2. The summed E-state index contributed by atoms with van der Waals surface area (Å²) in [6.45, 7) is 0. The van der Waals surface area contributed by atoms with Crippen molar-refractivity contribution in [2.24, 2.45) is 0 Å². The van der Waals surface area contributed by atoms with Crippen molar-refractivity contribution in [1.29, 1.82) is 0 Å². The lowest BCUT2D eigenvalue weighted by atomic mass is 10.2. The Morgan fingerprint density at radius 3 is 2.67 bits per heavy atom. The van der Waals surface area contributed by atoms with Gasteiger partial charge in [0, 0.05) is 6.04 Å². The number of ketones is 1. The molecule has 0 spiro atoms. The zero-order valence-electron chi connectivity index (χ0n) is 14.3. The van der Waals surface area contributed by atoms with Gasteiger partial charge in [0.1, 0.15) is 11.4 Å². The summed E-state index contributed by atoms with van der Waals surface area (Å²) >= 11 is 1.18. The van der Waals surface area contributed by atoms with E-state index < -0.39 is 17.0 Å². The highest BCUT2D eigenvalue weighted by molar-refractivity contribution is 7.99. The van der Waals surface area contributed by atoms with Crippen molar-refractivity contribution in [2.75, 3.05) is 11.5 Å². The Hall–Kier alpha value is -3.07. The van der Waals surface area contributed by atoms with Gasteiger partial charge in [-0.1, -0.05) is 42.1 Å². The minimum Gasteiger partial charge on any atom is -0.384 e. The van der Waals surface area contributed by atoms with Crippen LogP contribution in [0.2, 0.25) is 0 Å². The largest absolute Gasteiger partial charge is 0.384 e. The number of hydrogen-bond donors (Lipinski definition) is 3. The lowest BCUT2D eigenvalue weighted by molar-refractivity contribution is 0.102. The maximum Gasteiger partial charge on any atom is 0.330 e. The van der Waals surface area contributed by atoms with Crippen molar-refractivity contribution >= 4 is 23.4 Å². The third-order valence-corrected chi connectivity index (χ3v) is 5.24. The van der Waals surface area contributed by atoms with Crippen LogP contribution in [0, 0.1) is 0 Å². The molecule has 0 amide bonds. The zero-order chi connectivity index (χ0) is 19.0. The van der Waals surface area contributed by atoms with E-state index in [-0.39, 0.29) is 23.2 Å². The van der Waals surface area contributed by atoms with E-state index in [1.54, 1.807) is 6.20 Å². The van der Waals surface area contributed by atoms with Crippen molar-refractivity contribution in [3.63, 3.8) is 0 Å². The van der Waals surface area contributed by atoms with Gasteiger partial charge < -0.3 is 10.7 Å². The molecule has 4 N–H and O–H groups in total. The number of hydrogen-bond acceptors (Lipinski definition) is 6. The summed E-state index contributed by atoms with van der Waals surface area (Å²) in [4.78, 5) is 46.2. The second-order valence-corrected chi connectivity index (χ2v) is 7.26. The van der Waals surface area contributed by atoms with E-state index in [1.165, 1.54) is 16.3 Å². The molecule has 1 fully saturated rings. The number of carbonyl (C=O) groups is 1. The van der Waals surface area contributed by atoms with Crippen LogP contribution in [0.15, 0.2) is 51.3 Å². The van der Waals surface area contributed by atoms with Crippen LogP contribution in [0.4, 0.5) is 5.82 Å². The Labute approximate surface area is 157 Å². The second-order valence-electron chi connectivity index (χ2n) is 6.30. The minimum absolute atomic E-state index is 0.0160. The van der Waals surface area contributed by atoms with Gasteiger partial charge in [0.15, 0.2) is 10.9 Å². The maximum absolute atomic E-state index is 12.6. The number of carbonyl (C=O) groups excluding carboxylic acids is 1. The Morgan fingerprint density at radius 2 is 1.96 bits per heavy atom. The van der Waals surface area contributed by atoms with Crippen molar-refractivity contribution in [2.45, 2.75) is 24.0 Å². The molecular formula is C18H17N5O3S. The molecule has 3 aromatic rings. The van der Waals surface area contributed by atoms with Crippen LogP contribution >= 0.6 is 11.8 Å². The fourth-order valence-electron chi connectivity index (χ4n) is 2.88. The number of nitrogen functional groups attached to an aromatic ring is 1. The lowest BCUT2D eigenvalue weighted by Crippen LogP contribution is -2.36. The first kappa shape index (κ1) is 17.3. The first-order valence-corrected chi connectivity index (χ1v) is 9.44. The molecule has 138 valence electrons. The number of aromatic amines is 2. The average Bonchev–Trinajstić information content (AvgIpc) is 3.36. The van der Waals surface area contributed by atoms with Gasteiger partial charge in [-0.25, -0.2) is 9.78 Å². The van der Waals surface area contributed by atoms with Gasteiger partial charge in [-0.3, -0.25) is 19.1 Å². The Bertz CT molecular complexity index is 1110. The van der Waals surface area contributed by atoms with Crippen LogP contribution < -0.4 is 17.0 Å². The molecular weight excluding hydrogens is 366 g/mol. The Kier molecular flexibility index (Phi) is 4.44. The molecule has 0 radical (unpaired) electrons. The van der Waals surface area contributed by atoms with Gasteiger partial charge in [-0.05, 0) is 18.4 Å². The van der Waals surface area contributed by atoms with Crippen LogP contribution in [-0.2, 0) is 0 Å². The third kappa shape index (κ3) is 3.45. The van der Waals surface area contributed by atoms with E-state index in [1.807, 2.05) is 30.3 Å². The highest BCUT2D eigenvalue weighted by Crippen LogP contribution is 2.35. The summed E-state index contributed by atoms with van der Waals surface area (Å²) in [6, 6.07) is 9.65. The summed E-state index contributed by atoms with van der Waals surface area (Å²) in [7, 11) is 0. The summed E-state index contributed by atoms with van der Waals surface area (Å²) in [5.74, 6) is -0.509. The fraction of sp³-hybridized carbons (Fsp3) is 0.222. The van der Waals surface area contributed by atoms with Crippen molar-refractivity contribution in [1.82, 2.24) is 19.5 Å². The second kappa shape index (κ2) is 6.92. The topological polar surface area (TPSA) is 127 Å². The zero-order valence-corrected chi connectivity index (χ0v) is 15.1. The average molecular weight is 383 g/mol. The molecule has 0 aliphatic heterocycles. The lowest BCUT2D eigenvalue weighted by Gasteiger charge is -2.10. The summed E-state index contributed by atoms with van der Waals surface area (Å²) in [6.07, 6.45) is 3.32. The van der Waals surface area contributed by atoms with E-state index in [0.29, 0.717) is 5.16 Å². The van der Waals surface area contributed by atoms with Gasteiger partial charge in [-0.15, -0.1) is 0 Å². The number of H-pyrrole nitrogens is 2. The standard InChI is InChI=1S/C18H17N5O3S/c19-15-14(16(25)22-18(26)23(15)11-6-7-11)13(24)9-27-17-20-8-12(21-17)10-4-2-1-3-5-10/h1-5,8,11H,6-7,9,19H2,(H,20,21)(H,22,25,26). The summed E-state index contributed by atoms with van der Waals surface area (Å²) in [5.41, 5.74) is 6.31. The van der Waals surface area contributed by atoms with Gasteiger partial charge in [0.05, 0.1) is 17.6 Å². The van der Waals surface area contributed by atoms with Gasteiger partial charge >= 0.3 is 5.69 Å². The molecule has 1 aromatic carbocycles. The molecule has 0 atom stereocenters. The smallest absolute Gasteiger partial charge is 0.330 e. The predicted octanol–water partition coefficient (Wildman–Crippen LogP) is 1.82. The summed E-state index contributed by atoms with van der Waals surface area (Å²) < 4.78 is 1.31. The summed E-state index contributed by atoms with van der Waals surface area (Å²) in [5, 5.41) is 0.563. The molecule has 1 aliphatic rings. The first-order chi connectivity index (χ1) is 13.0. The normalized spacial score (nSPS) is 13.6. The number of aromatic nitrogens is 4. The number of imidazole rings is 1. The van der Waals surface area contributed by atoms with Gasteiger partial charge in [0.2, 0.25) is 0 Å². The molecule has 2 aromatic heterocycles. The van der Waals surface area contributed by atoms with E-state index in [0.717, 1.165) is 24.1 Å². The van der Waals surface area contributed by atoms with E-state index in [4.69, 9.17) is 5.73 Å². The van der Waals surface area contributed by atoms with Crippen LogP contribution in [-0.4, -0.2) is 31.1 Å².